The first-order valence-electron chi connectivity index (χ1n) is 15.0. The highest BCUT2D eigenvalue weighted by Gasteiger charge is 2.30. The summed E-state index contributed by atoms with van der Waals surface area (Å²) < 4.78 is 30.7. The van der Waals surface area contributed by atoms with Gasteiger partial charge in [-0.2, -0.15) is 5.10 Å². The molecule has 3 aliphatic rings. The zero-order valence-electron chi connectivity index (χ0n) is 24.7. The second-order valence-corrected chi connectivity index (χ2v) is 11.9. The SMILES string of the molecule is CNC(=O)N1CCc2cc(CN3CCC(C(=O)O)CC3)cc(N3CCCc4cc(-c5cnn(C)c5)c(C(F)F)cc43)c2C1. The van der Waals surface area contributed by atoms with Crippen LogP contribution in [-0.4, -0.2) is 69.9 Å². The molecule has 0 radical (unpaired) electrons. The largest absolute Gasteiger partial charge is 0.481 e. The van der Waals surface area contributed by atoms with Gasteiger partial charge >= 0.3 is 12.0 Å². The summed E-state index contributed by atoms with van der Waals surface area (Å²) in [6, 6.07) is 7.78. The molecule has 6 rings (SSSR count). The van der Waals surface area contributed by atoms with Crippen molar-refractivity contribution in [2.45, 2.75) is 51.6 Å². The van der Waals surface area contributed by atoms with E-state index < -0.39 is 12.4 Å². The number of aliphatic carboxylic acids is 1. The number of anilines is 2. The number of amides is 2. The number of nitrogens with one attached hydrogen (secondary N) is 1. The second kappa shape index (κ2) is 11.9. The van der Waals surface area contributed by atoms with Crippen molar-refractivity contribution in [2.24, 2.45) is 13.0 Å². The molecule has 0 unspecified atom stereocenters. The van der Waals surface area contributed by atoms with E-state index in [1.54, 1.807) is 42.1 Å². The molecular formula is C32H38F2N6O3. The number of fused-ring (bicyclic) bond motifs is 2. The minimum Gasteiger partial charge on any atom is -0.481 e. The predicted octanol–water partition coefficient (Wildman–Crippen LogP) is 5.10. The summed E-state index contributed by atoms with van der Waals surface area (Å²) in [7, 11) is 3.40. The van der Waals surface area contributed by atoms with Crippen molar-refractivity contribution in [3.8, 4) is 11.1 Å². The third kappa shape index (κ3) is 5.82. The molecule has 0 bridgehead atoms. The first-order valence-corrected chi connectivity index (χ1v) is 15.0. The van der Waals surface area contributed by atoms with Crippen LogP contribution in [0.5, 0.6) is 0 Å². The molecular weight excluding hydrogens is 554 g/mol. The molecule has 0 atom stereocenters. The Balaban J connectivity index is 1.40. The number of rotatable bonds is 6. The quantitative estimate of drug-likeness (QED) is 0.414. The van der Waals surface area contributed by atoms with E-state index in [9.17, 15) is 23.5 Å². The third-order valence-corrected chi connectivity index (χ3v) is 9.13. The Morgan fingerprint density at radius 3 is 2.51 bits per heavy atom. The van der Waals surface area contributed by atoms with Crippen molar-refractivity contribution in [1.82, 2.24) is 24.9 Å². The Hall–Kier alpha value is -3.99. The maximum Gasteiger partial charge on any atom is 0.317 e. The number of alkyl halides is 2. The van der Waals surface area contributed by atoms with E-state index in [2.05, 4.69) is 32.3 Å². The monoisotopic (exact) mass is 592 g/mol. The molecule has 4 heterocycles. The van der Waals surface area contributed by atoms with Gasteiger partial charge in [0.25, 0.3) is 6.43 Å². The number of aryl methyl sites for hydroxylation is 2. The number of carbonyl (C=O) groups is 2. The fourth-order valence-electron chi connectivity index (χ4n) is 6.86. The number of piperidine rings is 1. The predicted molar refractivity (Wildman–Crippen MR) is 160 cm³/mol. The molecule has 0 aliphatic carbocycles. The molecule has 11 heteroatoms. The van der Waals surface area contributed by atoms with Crippen LogP contribution in [-0.2, 0) is 37.8 Å². The Labute approximate surface area is 250 Å². The Bertz CT molecular complexity index is 1530. The van der Waals surface area contributed by atoms with Gasteiger partial charge in [-0.1, -0.05) is 6.07 Å². The average molecular weight is 593 g/mol. The molecule has 9 nitrogen and oxygen atoms in total. The van der Waals surface area contributed by atoms with Crippen LogP contribution in [0.25, 0.3) is 11.1 Å². The van der Waals surface area contributed by atoms with Gasteiger partial charge in [-0.15, -0.1) is 0 Å². The molecule has 2 amide bonds. The first kappa shape index (κ1) is 29.1. The van der Waals surface area contributed by atoms with Gasteiger partial charge in [-0.3, -0.25) is 14.4 Å². The van der Waals surface area contributed by atoms with E-state index in [1.807, 2.05) is 6.07 Å². The highest BCUT2D eigenvalue weighted by atomic mass is 19.3. The number of urea groups is 1. The van der Waals surface area contributed by atoms with Gasteiger partial charge in [0.05, 0.1) is 12.1 Å². The van der Waals surface area contributed by atoms with E-state index in [-0.39, 0.29) is 17.5 Å². The van der Waals surface area contributed by atoms with Crippen molar-refractivity contribution < 1.29 is 23.5 Å². The zero-order chi connectivity index (χ0) is 30.2. The van der Waals surface area contributed by atoms with Crippen LogP contribution in [0.3, 0.4) is 0 Å². The van der Waals surface area contributed by atoms with Crippen LogP contribution in [0.2, 0.25) is 0 Å². The Morgan fingerprint density at radius 1 is 1.05 bits per heavy atom. The number of carboxylic acid groups (broad SMARTS) is 1. The maximum absolute atomic E-state index is 14.5. The third-order valence-electron chi connectivity index (χ3n) is 9.13. The molecule has 1 aromatic heterocycles. The zero-order valence-corrected chi connectivity index (χ0v) is 24.7. The lowest BCUT2D eigenvalue weighted by Gasteiger charge is -2.38. The summed E-state index contributed by atoms with van der Waals surface area (Å²) >= 11 is 0. The lowest BCUT2D eigenvalue weighted by atomic mass is 9.90. The molecule has 0 spiro atoms. The van der Waals surface area contributed by atoms with E-state index in [1.165, 1.54) is 5.56 Å². The number of carbonyl (C=O) groups excluding carboxylic acids is 1. The van der Waals surface area contributed by atoms with Gasteiger partial charge in [0.15, 0.2) is 0 Å². The lowest BCUT2D eigenvalue weighted by Crippen LogP contribution is -2.42. The summed E-state index contributed by atoms with van der Waals surface area (Å²) in [6.07, 6.45) is 4.35. The van der Waals surface area contributed by atoms with Gasteiger partial charge in [0.1, 0.15) is 0 Å². The van der Waals surface area contributed by atoms with Gasteiger partial charge in [-0.05, 0) is 91.2 Å². The topological polar surface area (TPSA) is 93.9 Å². The normalized spacial score (nSPS) is 17.6. The molecule has 43 heavy (non-hydrogen) atoms. The van der Waals surface area contributed by atoms with Crippen molar-refractivity contribution in [3.05, 3.63) is 64.5 Å². The maximum atomic E-state index is 14.5. The summed E-state index contributed by atoms with van der Waals surface area (Å²) in [5, 5.41) is 16.4. The standard InChI is InChI=1S/C32H38F2N6O3/c1-35-32(43)39-11-7-22-12-20(17-38-9-5-21(6-10-38)31(41)42)13-29(27(22)19-39)40-8-3-4-23-14-25(24-16-36-37(2)18-24)26(30(33)34)15-28(23)40/h12-16,18,21,30H,3-11,17,19H2,1-2H3,(H,35,43)(H,41,42). The Kier molecular flexibility index (Phi) is 8.09. The minimum absolute atomic E-state index is 0.0167. The fourth-order valence-corrected chi connectivity index (χ4v) is 6.86. The van der Waals surface area contributed by atoms with Crippen LogP contribution >= 0.6 is 0 Å². The van der Waals surface area contributed by atoms with E-state index in [4.69, 9.17) is 0 Å². The highest BCUT2D eigenvalue weighted by Crippen LogP contribution is 2.43. The highest BCUT2D eigenvalue weighted by molar-refractivity contribution is 5.79. The van der Waals surface area contributed by atoms with E-state index >= 15 is 0 Å². The van der Waals surface area contributed by atoms with Crippen LogP contribution in [0.4, 0.5) is 25.0 Å². The fraction of sp³-hybridized carbons (Fsp3) is 0.469. The first-order chi connectivity index (χ1) is 20.7. The van der Waals surface area contributed by atoms with E-state index in [0.717, 1.165) is 54.0 Å². The van der Waals surface area contributed by atoms with Crippen molar-refractivity contribution in [3.63, 3.8) is 0 Å². The van der Waals surface area contributed by atoms with Gasteiger partial charge in [0, 0.05) is 69.0 Å². The number of benzene rings is 2. The van der Waals surface area contributed by atoms with Gasteiger partial charge in [-0.25, -0.2) is 13.6 Å². The average Bonchev–Trinajstić information content (AvgIpc) is 3.45. The van der Waals surface area contributed by atoms with Crippen molar-refractivity contribution in [1.29, 1.82) is 0 Å². The van der Waals surface area contributed by atoms with Crippen LogP contribution in [0, 0.1) is 5.92 Å². The van der Waals surface area contributed by atoms with Crippen LogP contribution in [0.15, 0.2) is 36.7 Å². The van der Waals surface area contributed by atoms with Crippen LogP contribution in [0.1, 0.15) is 53.5 Å². The molecule has 1 fully saturated rings. The summed E-state index contributed by atoms with van der Waals surface area (Å²) in [6.45, 7) is 3.84. The molecule has 3 aliphatic heterocycles. The number of hydrogen-bond acceptors (Lipinski definition) is 5. The molecule has 228 valence electrons. The summed E-state index contributed by atoms with van der Waals surface area (Å²) in [5.74, 6) is -1.02. The Morgan fingerprint density at radius 2 is 1.84 bits per heavy atom. The number of halogens is 2. The smallest absolute Gasteiger partial charge is 0.317 e. The minimum atomic E-state index is -2.65. The number of aromatic nitrogens is 2. The second-order valence-electron chi connectivity index (χ2n) is 11.9. The summed E-state index contributed by atoms with van der Waals surface area (Å²) in [4.78, 5) is 30.3. The molecule has 1 saturated heterocycles. The number of carboxylic acids is 1. The molecule has 3 aromatic rings. The van der Waals surface area contributed by atoms with Gasteiger partial charge < -0.3 is 20.2 Å². The summed E-state index contributed by atoms with van der Waals surface area (Å²) in [5.41, 5.74) is 7.25. The van der Waals surface area contributed by atoms with Crippen molar-refractivity contribution >= 4 is 23.4 Å². The lowest BCUT2D eigenvalue weighted by molar-refractivity contribution is -0.143. The number of likely N-dealkylation sites (tertiary alicyclic amines) is 1. The number of hydrogen-bond donors (Lipinski definition) is 2. The molecule has 2 N–H and O–H groups in total. The van der Waals surface area contributed by atoms with Gasteiger partial charge in [0.2, 0.25) is 0 Å². The molecule has 0 saturated carbocycles. The number of nitrogens with zero attached hydrogens (tertiary/aromatic N) is 5. The van der Waals surface area contributed by atoms with Crippen LogP contribution < -0.4 is 10.2 Å². The van der Waals surface area contributed by atoms with Crippen molar-refractivity contribution in [2.75, 3.05) is 38.1 Å². The molecule has 2 aromatic carbocycles. The van der Waals surface area contributed by atoms with E-state index in [0.29, 0.717) is 56.6 Å².